The van der Waals surface area contributed by atoms with Crippen LogP contribution in [0.5, 0.6) is 5.75 Å². The van der Waals surface area contributed by atoms with Gasteiger partial charge < -0.3 is 0 Å². The maximum absolute atomic E-state index is 6.57. The number of rotatable bonds is 23. The predicted molar refractivity (Wildman–Crippen MR) is 146 cm³/mol. The van der Waals surface area contributed by atoms with Crippen LogP contribution in [0.1, 0.15) is 136 Å². The van der Waals surface area contributed by atoms with Crippen molar-refractivity contribution < 1.29 is 3.07 Å². The van der Waals surface area contributed by atoms with E-state index in [0.717, 1.165) is 11.7 Å². The van der Waals surface area contributed by atoms with Crippen molar-refractivity contribution in [1.29, 1.82) is 0 Å². The van der Waals surface area contributed by atoms with E-state index in [1.54, 1.807) is 0 Å². The van der Waals surface area contributed by atoms with Gasteiger partial charge in [-0.25, -0.2) is 0 Å². The zero-order valence-electron chi connectivity index (χ0n) is 22.0. The predicted octanol–water partition coefficient (Wildman–Crippen LogP) is 10.8. The summed E-state index contributed by atoms with van der Waals surface area (Å²) >= 11 is -1.76. The van der Waals surface area contributed by atoms with Gasteiger partial charge in [0.05, 0.1) is 0 Å². The molecule has 0 fully saturated rings. The van der Waals surface area contributed by atoms with E-state index in [4.69, 9.17) is 3.07 Å². The molecule has 1 aromatic carbocycles. The number of hydrogen-bond donors (Lipinski definition) is 0. The Kier molecular flexibility index (Phi) is 21.1. The van der Waals surface area contributed by atoms with Gasteiger partial charge >= 0.3 is 210 Å². The molecule has 0 spiro atoms. The first kappa shape index (κ1) is 29.9. The molecule has 1 radical (unpaired) electrons. The molecule has 0 heterocycles. The molecule has 0 aliphatic rings. The van der Waals surface area contributed by atoms with Crippen molar-refractivity contribution in [3.05, 3.63) is 30.3 Å². The van der Waals surface area contributed by atoms with E-state index < -0.39 is 20.2 Å². The molecule has 0 bridgehead atoms. The van der Waals surface area contributed by atoms with Crippen molar-refractivity contribution in [3.63, 3.8) is 0 Å². The molecule has 0 atom stereocenters. The van der Waals surface area contributed by atoms with E-state index >= 15 is 0 Å². The van der Waals surface area contributed by atoms with E-state index in [2.05, 4.69) is 51.1 Å². The molecule has 0 saturated heterocycles. The molecule has 0 amide bonds. The Morgan fingerprint density at radius 3 is 1.59 bits per heavy atom. The average Bonchev–Trinajstić information content (AvgIpc) is 2.82. The second-order valence-corrected chi connectivity index (χ2v) is 16.4. The van der Waals surface area contributed by atoms with Gasteiger partial charge in [-0.2, -0.15) is 0 Å². The topological polar surface area (TPSA) is 9.23 Å². The van der Waals surface area contributed by atoms with Gasteiger partial charge in [-0.15, -0.1) is 0 Å². The fraction of sp³-hybridized carbons (Fsp3) is 0.800. The summed E-state index contributed by atoms with van der Waals surface area (Å²) < 4.78 is 9.38. The molecular formula is C30H55OSn. The van der Waals surface area contributed by atoms with Crippen LogP contribution in [-0.4, -0.2) is 20.2 Å². The average molecular weight is 550 g/mol. The van der Waals surface area contributed by atoms with Crippen LogP contribution in [0, 0.1) is 5.92 Å². The summed E-state index contributed by atoms with van der Waals surface area (Å²) in [7, 11) is 0. The molecule has 0 saturated carbocycles. The molecule has 1 rings (SSSR count). The van der Waals surface area contributed by atoms with Gasteiger partial charge in [0.25, 0.3) is 0 Å². The summed E-state index contributed by atoms with van der Waals surface area (Å²) in [5.41, 5.74) is 0. The van der Waals surface area contributed by atoms with Crippen LogP contribution in [0.4, 0.5) is 0 Å². The van der Waals surface area contributed by atoms with E-state index in [1.807, 2.05) is 0 Å². The van der Waals surface area contributed by atoms with Crippen molar-refractivity contribution in [2.24, 2.45) is 5.92 Å². The molecular weight excluding hydrogens is 495 g/mol. The minimum atomic E-state index is -1.76. The third-order valence-electron chi connectivity index (χ3n) is 6.81. The van der Waals surface area contributed by atoms with Gasteiger partial charge in [0.15, 0.2) is 0 Å². The molecule has 0 N–H and O–H groups in total. The van der Waals surface area contributed by atoms with Crippen LogP contribution < -0.4 is 3.07 Å². The summed E-state index contributed by atoms with van der Waals surface area (Å²) in [6, 6.07) is 10.6. The first-order valence-electron chi connectivity index (χ1n) is 14.4. The first-order chi connectivity index (χ1) is 15.8. The van der Waals surface area contributed by atoms with Crippen molar-refractivity contribution in [2.75, 3.05) is 0 Å². The quantitative estimate of drug-likeness (QED) is 0.0973. The normalized spacial score (nSPS) is 11.5. The molecule has 1 aromatic rings. The Balaban J connectivity index is 2.39. The van der Waals surface area contributed by atoms with Gasteiger partial charge in [-0.1, -0.05) is 0 Å². The molecule has 1 nitrogen and oxygen atoms in total. The molecule has 0 unspecified atom stereocenters. The SMILES string of the molecule is CCCCCCCCC(CCCCCCCC)CC[CH2][Sn]([CH2]CCC)[O]c1ccccc1. The van der Waals surface area contributed by atoms with Crippen molar-refractivity contribution in [1.82, 2.24) is 0 Å². The van der Waals surface area contributed by atoms with Crippen LogP contribution in [-0.2, 0) is 0 Å². The van der Waals surface area contributed by atoms with Gasteiger partial charge in [-0.3, -0.25) is 0 Å². The third-order valence-corrected chi connectivity index (χ3v) is 13.5. The monoisotopic (exact) mass is 551 g/mol. The number of benzene rings is 1. The Hall–Kier alpha value is -0.181. The minimum absolute atomic E-state index is 0.972. The van der Waals surface area contributed by atoms with Gasteiger partial charge in [0, 0.05) is 0 Å². The third kappa shape index (κ3) is 17.3. The Morgan fingerprint density at radius 1 is 0.562 bits per heavy atom. The molecule has 185 valence electrons. The van der Waals surface area contributed by atoms with E-state index in [-0.39, 0.29) is 0 Å². The Labute approximate surface area is 209 Å². The summed E-state index contributed by atoms with van der Waals surface area (Å²) in [6.45, 7) is 6.95. The summed E-state index contributed by atoms with van der Waals surface area (Å²) in [5, 5.41) is 0. The van der Waals surface area contributed by atoms with Crippen LogP contribution >= 0.6 is 0 Å². The van der Waals surface area contributed by atoms with Crippen molar-refractivity contribution >= 4 is 20.2 Å². The Bertz CT molecular complexity index is 473. The number of hydrogen-bond acceptors (Lipinski definition) is 1. The second kappa shape index (κ2) is 22.6. The fourth-order valence-electron chi connectivity index (χ4n) is 4.70. The van der Waals surface area contributed by atoms with Crippen LogP contribution in [0.3, 0.4) is 0 Å². The van der Waals surface area contributed by atoms with Gasteiger partial charge in [0.2, 0.25) is 0 Å². The van der Waals surface area contributed by atoms with Gasteiger partial charge in [-0.05, 0) is 0 Å². The maximum atomic E-state index is 6.57. The van der Waals surface area contributed by atoms with E-state index in [0.29, 0.717) is 0 Å². The molecule has 2 heteroatoms. The van der Waals surface area contributed by atoms with E-state index in [1.165, 1.54) is 124 Å². The summed E-state index contributed by atoms with van der Waals surface area (Å²) in [5.74, 6) is 2.11. The Morgan fingerprint density at radius 2 is 1.03 bits per heavy atom. The molecule has 32 heavy (non-hydrogen) atoms. The number of para-hydroxylation sites is 1. The van der Waals surface area contributed by atoms with Crippen LogP contribution in [0.25, 0.3) is 0 Å². The van der Waals surface area contributed by atoms with Crippen LogP contribution in [0.2, 0.25) is 8.87 Å². The zero-order chi connectivity index (χ0) is 23.1. The summed E-state index contributed by atoms with van der Waals surface area (Å²) in [6.07, 6.45) is 25.7. The molecule has 0 aromatic heterocycles. The number of unbranched alkanes of at least 4 members (excludes halogenated alkanes) is 11. The second-order valence-electron chi connectivity index (χ2n) is 9.93. The summed E-state index contributed by atoms with van der Waals surface area (Å²) in [4.78, 5) is 0. The standard InChI is InChI=1S/C20H41.C6H6O.C4H9.Sn/c1-4-7-9-11-13-15-18-20(17-6-3)19-16-14-12-10-8-5-2;7-6-4-2-1-3-5-6;1-3-4-2;/h20H,3-19H2,1-2H3;1-5,7H;1,3-4H2,2H3;/q;;;+1/p-1. The zero-order valence-corrected chi connectivity index (χ0v) is 24.9. The van der Waals surface area contributed by atoms with E-state index in [9.17, 15) is 0 Å². The molecule has 0 aliphatic carbocycles. The van der Waals surface area contributed by atoms with Gasteiger partial charge in [0.1, 0.15) is 0 Å². The molecule has 0 aliphatic heterocycles. The van der Waals surface area contributed by atoms with Crippen LogP contribution in [0.15, 0.2) is 30.3 Å². The van der Waals surface area contributed by atoms with Crippen molar-refractivity contribution in [2.45, 2.75) is 145 Å². The van der Waals surface area contributed by atoms with Crippen molar-refractivity contribution in [3.8, 4) is 5.75 Å². The fourth-order valence-corrected chi connectivity index (χ4v) is 11.2. The first-order valence-corrected chi connectivity index (χ1v) is 19.6.